The monoisotopic (exact) mass is 364 g/mol. The van der Waals surface area contributed by atoms with Crippen molar-refractivity contribution in [2.45, 2.75) is 76.5 Å². The van der Waals surface area contributed by atoms with Crippen LogP contribution >= 0.6 is 0 Å². The van der Waals surface area contributed by atoms with E-state index in [9.17, 15) is 9.90 Å². The lowest BCUT2D eigenvalue weighted by Crippen LogP contribution is -2.57. The van der Waals surface area contributed by atoms with Crippen LogP contribution in [-0.2, 0) is 9.53 Å². The Kier molecular flexibility index (Phi) is 4.70. The molecule has 26 heavy (non-hydrogen) atoms. The first-order valence-electron chi connectivity index (χ1n) is 10.5. The van der Waals surface area contributed by atoms with Crippen LogP contribution in [0, 0.1) is 35.0 Å². The van der Waals surface area contributed by atoms with Gasteiger partial charge in [0.1, 0.15) is 5.67 Å². The first-order valence-corrected chi connectivity index (χ1v) is 10.5. The van der Waals surface area contributed by atoms with Crippen molar-refractivity contribution < 1.29 is 19.0 Å². The topological polar surface area (TPSA) is 46.5 Å². The highest BCUT2D eigenvalue weighted by Crippen LogP contribution is 2.67. The van der Waals surface area contributed by atoms with E-state index in [0.717, 1.165) is 51.4 Å². The minimum Gasteiger partial charge on any atom is -0.466 e. The molecule has 3 nitrogen and oxygen atoms in total. The van der Waals surface area contributed by atoms with Crippen molar-refractivity contribution >= 4 is 5.97 Å². The Labute approximate surface area is 156 Å². The Morgan fingerprint density at radius 3 is 2.69 bits per heavy atom. The highest BCUT2D eigenvalue weighted by molar-refractivity contribution is 5.81. The lowest BCUT2D eigenvalue weighted by molar-refractivity contribution is -0.143. The zero-order valence-electron chi connectivity index (χ0n) is 16.1. The maximum atomic E-state index is 16.6. The van der Waals surface area contributed by atoms with E-state index in [0.29, 0.717) is 24.2 Å². The number of carbonyl (C=O) groups is 1. The Hall–Kier alpha value is -0.900. The summed E-state index contributed by atoms with van der Waals surface area (Å²) in [5, 5.41) is 10.0. The van der Waals surface area contributed by atoms with Crippen LogP contribution < -0.4 is 0 Å². The van der Waals surface area contributed by atoms with Crippen LogP contribution in [0.4, 0.5) is 4.39 Å². The molecule has 0 aromatic rings. The normalized spacial score (nSPS) is 50.8. The van der Waals surface area contributed by atoms with Crippen LogP contribution in [0.5, 0.6) is 0 Å². The van der Waals surface area contributed by atoms with Crippen LogP contribution in [0.2, 0.25) is 0 Å². The largest absolute Gasteiger partial charge is 0.466 e. The number of rotatable bonds is 2. The number of halogens is 1. The minimum absolute atomic E-state index is 0.124. The van der Waals surface area contributed by atoms with Gasteiger partial charge >= 0.3 is 5.97 Å². The third kappa shape index (κ3) is 2.66. The number of methoxy groups -OCH3 is 1. The summed E-state index contributed by atoms with van der Waals surface area (Å²) >= 11 is 0. The molecule has 0 aliphatic heterocycles. The van der Waals surface area contributed by atoms with Crippen molar-refractivity contribution in [3.8, 4) is 0 Å². The molecular formula is C22H33FO3. The van der Waals surface area contributed by atoms with E-state index in [-0.39, 0.29) is 29.3 Å². The van der Waals surface area contributed by atoms with Crippen molar-refractivity contribution in [2.75, 3.05) is 7.11 Å². The van der Waals surface area contributed by atoms with E-state index in [1.54, 1.807) is 0 Å². The van der Waals surface area contributed by atoms with Gasteiger partial charge in [0.05, 0.1) is 13.2 Å². The molecule has 0 unspecified atom stereocenters. The molecular weight excluding hydrogens is 331 g/mol. The molecule has 0 heterocycles. The second-order valence-corrected chi connectivity index (χ2v) is 9.58. The first-order chi connectivity index (χ1) is 12.4. The summed E-state index contributed by atoms with van der Waals surface area (Å²) in [6.07, 6.45) is 11.7. The number of hydrogen-bond donors (Lipinski definition) is 1. The molecule has 0 spiro atoms. The van der Waals surface area contributed by atoms with Crippen LogP contribution in [0.1, 0.15) is 64.7 Å². The van der Waals surface area contributed by atoms with E-state index in [1.165, 1.54) is 13.2 Å². The van der Waals surface area contributed by atoms with Gasteiger partial charge in [-0.05, 0) is 87.4 Å². The highest BCUT2D eigenvalue weighted by atomic mass is 19.1. The van der Waals surface area contributed by atoms with Gasteiger partial charge in [0, 0.05) is 11.5 Å². The molecule has 0 aromatic carbocycles. The Morgan fingerprint density at radius 1 is 1.12 bits per heavy atom. The fraction of sp³-hybridized carbons (Fsp3) is 0.864. The number of esters is 1. The fourth-order valence-corrected chi connectivity index (χ4v) is 7.37. The van der Waals surface area contributed by atoms with Crippen molar-refractivity contribution in [1.29, 1.82) is 0 Å². The summed E-state index contributed by atoms with van der Waals surface area (Å²) in [7, 11) is 1.38. The molecule has 4 heteroatoms. The van der Waals surface area contributed by atoms with Gasteiger partial charge in [-0.3, -0.25) is 0 Å². The van der Waals surface area contributed by atoms with E-state index in [4.69, 9.17) is 4.74 Å². The standard InChI is InChI=1S/C22H33FO3/c1-21-11-10-18-17-6-5-16(24)13-14(17)3-7-19(18)22(21,23)12-9-15(21)4-8-20(25)26-2/h4,8,14-19,24H,3,5-7,9-13H2,1-2H3/b8-4+/t14-,15+,16+,17+,18-,19-,21-,22+/m1/s1. The maximum Gasteiger partial charge on any atom is 0.330 e. The number of carbonyl (C=O) groups excluding carboxylic acids is 1. The summed E-state index contributed by atoms with van der Waals surface area (Å²) in [6, 6.07) is 0. The van der Waals surface area contributed by atoms with E-state index in [1.807, 2.05) is 6.08 Å². The summed E-state index contributed by atoms with van der Waals surface area (Å²) < 4.78 is 21.3. The van der Waals surface area contributed by atoms with E-state index < -0.39 is 5.67 Å². The second-order valence-electron chi connectivity index (χ2n) is 9.58. The summed E-state index contributed by atoms with van der Waals surface area (Å²) in [4.78, 5) is 11.5. The molecule has 4 saturated carbocycles. The molecule has 146 valence electrons. The average Bonchev–Trinajstić information content (AvgIpc) is 2.90. The van der Waals surface area contributed by atoms with Crippen molar-refractivity contribution in [2.24, 2.45) is 35.0 Å². The smallest absolute Gasteiger partial charge is 0.330 e. The van der Waals surface area contributed by atoms with Crippen LogP contribution in [0.15, 0.2) is 12.2 Å². The SMILES string of the molecule is COC(=O)/C=C/[C@H]1CC[C@]2(F)[C@@H]3CC[C@@H]4C[C@@H](O)CC[C@@H]4[C@H]3CC[C@]12C. The van der Waals surface area contributed by atoms with Crippen LogP contribution in [-0.4, -0.2) is 30.0 Å². The van der Waals surface area contributed by atoms with Gasteiger partial charge in [-0.2, -0.15) is 0 Å². The zero-order valence-corrected chi connectivity index (χ0v) is 16.1. The Bertz CT molecular complexity index is 590. The Balaban J connectivity index is 1.56. The number of ether oxygens (including phenoxy) is 1. The van der Waals surface area contributed by atoms with Gasteiger partial charge in [-0.15, -0.1) is 0 Å². The first kappa shape index (κ1) is 18.5. The molecule has 4 fully saturated rings. The maximum absolute atomic E-state index is 16.6. The van der Waals surface area contributed by atoms with Gasteiger partial charge in [0.2, 0.25) is 0 Å². The van der Waals surface area contributed by atoms with Crippen LogP contribution in [0.25, 0.3) is 0 Å². The quantitative estimate of drug-likeness (QED) is 0.582. The predicted molar refractivity (Wildman–Crippen MR) is 98.1 cm³/mol. The average molecular weight is 365 g/mol. The zero-order chi connectivity index (χ0) is 18.5. The molecule has 0 saturated heterocycles. The van der Waals surface area contributed by atoms with Gasteiger partial charge in [-0.1, -0.05) is 13.0 Å². The van der Waals surface area contributed by atoms with Crippen molar-refractivity contribution in [3.63, 3.8) is 0 Å². The minimum atomic E-state index is -1.11. The Morgan fingerprint density at radius 2 is 1.92 bits per heavy atom. The molecule has 0 amide bonds. The van der Waals surface area contributed by atoms with E-state index >= 15 is 4.39 Å². The van der Waals surface area contributed by atoms with Gasteiger partial charge in [0.15, 0.2) is 0 Å². The van der Waals surface area contributed by atoms with Gasteiger partial charge in [-0.25, -0.2) is 9.18 Å². The summed E-state index contributed by atoms with van der Waals surface area (Å²) in [5.74, 6) is 1.64. The highest BCUT2D eigenvalue weighted by Gasteiger charge is 2.66. The van der Waals surface area contributed by atoms with Crippen molar-refractivity contribution in [1.82, 2.24) is 0 Å². The van der Waals surface area contributed by atoms with E-state index in [2.05, 4.69) is 6.92 Å². The molecule has 4 aliphatic carbocycles. The fourth-order valence-electron chi connectivity index (χ4n) is 7.37. The third-order valence-electron chi connectivity index (χ3n) is 8.77. The molecule has 0 aromatic heterocycles. The summed E-state index contributed by atoms with van der Waals surface area (Å²) in [6.45, 7) is 2.12. The number of fused-ring (bicyclic) bond motifs is 5. The predicted octanol–water partition coefficient (Wildman–Crippen LogP) is 4.44. The van der Waals surface area contributed by atoms with Crippen LogP contribution in [0.3, 0.4) is 0 Å². The number of aliphatic hydroxyl groups excluding tert-OH is 1. The molecule has 1 N–H and O–H groups in total. The molecule has 8 atom stereocenters. The number of aliphatic hydroxyl groups is 1. The lowest BCUT2D eigenvalue weighted by atomic mass is 9.48. The molecule has 4 rings (SSSR count). The van der Waals surface area contributed by atoms with Gasteiger partial charge in [0.25, 0.3) is 0 Å². The van der Waals surface area contributed by atoms with Crippen molar-refractivity contribution in [3.05, 3.63) is 12.2 Å². The third-order valence-corrected chi connectivity index (χ3v) is 8.77. The molecule has 4 aliphatic rings. The lowest BCUT2D eigenvalue weighted by Gasteiger charge is -2.58. The number of hydrogen-bond acceptors (Lipinski definition) is 3. The summed E-state index contributed by atoms with van der Waals surface area (Å²) in [5.41, 5.74) is -1.47. The molecule has 0 bridgehead atoms. The molecule has 0 radical (unpaired) electrons. The van der Waals surface area contributed by atoms with Gasteiger partial charge < -0.3 is 9.84 Å². The number of allylic oxidation sites excluding steroid dienone is 1. The number of alkyl halides is 1. The second kappa shape index (κ2) is 6.61.